The highest BCUT2D eigenvalue weighted by Crippen LogP contribution is 2.30. The second-order valence-corrected chi connectivity index (χ2v) is 5.13. The van der Waals surface area contributed by atoms with E-state index >= 15 is 0 Å². The summed E-state index contributed by atoms with van der Waals surface area (Å²) >= 11 is 3.66. The average molecular weight is 194 g/mol. The van der Waals surface area contributed by atoms with Gasteiger partial charge in [-0.15, -0.1) is 0 Å². The molecule has 0 unspecified atom stereocenters. The molecule has 0 spiro atoms. The van der Waals surface area contributed by atoms with Crippen LogP contribution < -0.4 is 0 Å². The van der Waals surface area contributed by atoms with Crippen LogP contribution in [0.25, 0.3) is 0 Å². The molecule has 2 N–H and O–H groups in total. The number of aliphatic hydroxyl groups is 2. The molecule has 0 aromatic carbocycles. The van der Waals surface area contributed by atoms with Crippen molar-refractivity contribution in [2.24, 2.45) is 5.41 Å². The van der Waals surface area contributed by atoms with E-state index in [1.54, 1.807) is 0 Å². The Morgan fingerprint density at radius 2 is 1.45 bits per heavy atom. The van der Waals surface area contributed by atoms with Crippen LogP contribution in [0.15, 0.2) is 0 Å². The molecule has 0 atom stereocenters. The normalized spacial score (nSPS) is 24.5. The Morgan fingerprint density at radius 3 is 1.82 bits per heavy atom. The molecular formula is C7H14O2S2. The predicted octanol–water partition coefficient (Wildman–Crippen LogP) is 0.437. The van der Waals surface area contributed by atoms with Gasteiger partial charge in [-0.25, -0.2) is 0 Å². The summed E-state index contributed by atoms with van der Waals surface area (Å²) in [6.45, 7) is 0.229. The molecule has 1 saturated heterocycles. The van der Waals surface area contributed by atoms with E-state index in [0.29, 0.717) is 0 Å². The summed E-state index contributed by atoms with van der Waals surface area (Å²) in [4.78, 5) is 0. The second kappa shape index (κ2) is 4.60. The van der Waals surface area contributed by atoms with E-state index < -0.39 is 0 Å². The van der Waals surface area contributed by atoms with E-state index in [4.69, 9.17) is 10.2 Å². The van der Waals surface area contributed by atoms with Gasteiger partial charge >= 0.3 is 0 Å². The zero-order chi connectivity index (χ0) is 8.16. The molecule has 66 valence electrons. The van der Waals surface area contributed by atoms with Gasteiger partial charge < -0.3 is 10.2 Å². The van der Waals surface area contributed by atoms with Gasteiger partial charge in [0.2, 0.25) is 0 Å². The molecule has 1 heterocycles. The van der Waals surface area contributed by atoms with Crippen LogP contribution in [0.4, 0.5) is 0 Å². The van der Waals surface area contributed by atoms with Crippen molar-refractivity contribution in [2.45, 2.75) is 0 Å². The van der Waals surface area contributed by atoms with E-state index in [0.717, 1.165) is 23.0 Å². The standard InChI is InChI=1S/C7H14O2S2/c8-3-7(4-9)5-10-1-2-11-6-7/h8-9H,1-6H2. The number of rotatable bonds is 2. The molecule has 0 radical (unpaired) electrons. The summed E-state index contributed by atoms with van der Waals surface area (Å²) in [6.07, 6.45) is 0. The summed E-state index contributed by atoms with van der Waals surface area (Å²) in [6, 6.07) is 0. The molecule has 0 amide bonds. The highest BCUT2D eigenvalue weighted by molar-refractivity contribution is 8.03. The topological polar surface area (TPSA) is 40.5 Å². The van der Waals surface area contributed by atoms with Crippen molar-refractivity contribution in [2.75, 3.05) is 36.2 Å². The first-order valence-electron chi connectivity index (χ1n) is 3.70. The molecule has 0 saturated carbocycles. The van der Waals surface area contributed by atoms with Gasteiger partial charge in [-0.1, -0.05) is 0 Å². The van der Waals surface area contributed by atoms with E-state index in [1.165, 1.54) is 0 Å². The molecule has 0 aliphatic carbocycles. The smallest absolute Gasteiger partial charge is 0.0525 e. The minimum absolute atomic E-state index is 0.115. The minimum atomic E-state index is -0.216. The van der Waals surface area contributed by atoms with E-state index in [9.17, 15) is 0 Å². The molecule has 1 fully saturated rings. The highest BCUT2D eigenvalue weighted by atomic mass is 32.2. The van der Waals surface area contributed by atoms with Gasteiger partial charge in [0.1, 0.15) is 0 Å². The third-order valence-corrected chi connectivity index (χ3v) is 4.74. The number of thioether (sulfide) groups is 2. The van der Waals surface area contributed by atoms with Crippen molar-refractivity contribution in [1.82, 2.24) is 0 Å². The maximum Gasteiger partial charge on any atom is 0.0525 e. The van der Waals surface area contributed by atoms with Crippen LogP contribution in [0.5, 0.6) is 0 Å². The Balaban J connectivity index is 2.49. The molecule has 1 rings (SSSR count). The maximum absolute atomic E-state index is 9.08. The summed E-state index contributed by atoms with van der Waals surface area (Å²) in [7, 11) is 0. The number of hydrogen-bond acceptors (Lipinski definition) is 4. The van der Waals surface area contributed by atoms with E-state index in [-0.39, 0.29) is 18.6 Å². The first-order valence-corrected chi connectivity index (χ1v) is 6.01. The number of aliphatic hydroxyl groups excluding tert-OH is 2. The Morgan fingerprint density at radius 1 is 1.00 bits per heavy atom. The van der Waals surface area contributed by atoms with Crippen molar-refractivity contribution in [1.29, 1.82) is 0 Å². The molecule has 2 nitrogen and oxygen atoms in total. The van der Waals surface area contributed by atoms with Gasteiger partial charge in [-0.05, 0) is 0 Å². The molecule has 0 aromatic heterocycles. The number of hydrogen-bond donors (Lipinski definition) is 2. The third-order valence-electron chi connectivity index (χ3n) is 1.86. The predicted molar refractivity (Wildman–Crippen MR) is 51.3 cm³/mol. The van der Waals surface area contributed by atoms with Gasteiger partial charge in [0.05, 0.1) is 13.2 Å². The van der Waals surface area contributed by atoms with Crippen LogP contribution in [-0.4, -0.2) is 46.4 Å². The van der Waals surface area contributed by atoms with Gasteiger partial charge in [-0.3, -0.25) is 0 Å². The zero-order valence-electron chi connectivity index (χ0n) is 6.45. The molecule has 0 aromatic rings. The lowest BCUT2D eigenvalue weighted by Gasteiger charge is -2.26. The maximum atomic E-state index is 9.08. The van der Waals surface area contributed by atoms with Crippen LogP contribution in [0, 0.1) is 5.41 Å². The van der Waals surface area contributed by atoms with Crippen LogP contribution in [0.1, 0.15) is 0 Å². The lowest BCUT2D eigenvalue weighted by molar-refractivity contribution is 0.0935. The first kappa shape index (κ1) is 9.71. The van der Waals surface area contributed by atoms with Gasteiger partial charge in [0, 0.05) is 28.4 Å². The summed E-state index contributed by atoms with van der Waals surface area (Å²) in [5, 5.41) is 18.2. The molecule has 11 heavy (non-hydrogen) atoms. The fourth-order valence-corrected chi connectivity index (χ4v) is 3.77. The van der Waals surface area contributed by atoms with Crippen molar-refractivity contribution in [3.05, 3.63) is 0 Å². The van der Waals surface area contributed by atoms with Gasteiger partial charge in [0.25, 0.3) is 0 Å². The summed E-state index contributed by atoms with van der Waals surface area (Å²) < 4.78 is 0. The van der Waals surface area contributed by atoms with Crippen molar-refractivity contribution in [3.8, 4) is 0 Å². The Labute approximate surface area is 75.8 Å². The fraction of sp³-hybridized carbons (Fsp3) is 1.00. The molecule has 4 heteroatoms. The van der Waals surface area contributed by atoms with E-state index in [1.807, 2.05) is 23.5 Å². The Kier molecular flexibility index (Phi) is 4.06. The molecule has 1 aliphatic rings. The highest BCUT2D eigenvalue weighted by Gasteiger charge is 2.30. The van der Waals surface area contributed by atoms with Crippen molar-refractivity contribution >= 4 is 23.5 Å². The molecular weight excluding hydrogens is 180 g/mol. The SMILES string of the molecule is OCC1(CO)CSCCSC1. The quantitative estimate of drug-likeness (QED) is 0.669. The van der Waals surface area contributed by atoms with Crippen molar-refractivity contribution in [3.63, 3.8) is 0 Å². The average Bonchev–Trinajstić information content (AvgIpc) is 2.30. The molecule has 0 bridgehead atoms. The Bertz CT molecular complexity index is 105. The fourth-order valence-electron chi connectivity index (χ4n) is 0.969. The summed E-state index contributed by atoms with van der Waals surface area (Å²) in [5.74, 6) is 4.08. The Hall–Kier alpha value is 0.620. The largest absolute Gasteiger partial charge is 0.396 e. The lowest BCUT2D eigenvalue weighted by atomic mass is 9.96. The minimum Gasteiger partial charge on any atom is -0.396 e. The van der Waals surface area contributed by atoms with Gasteiger partial charge in [-0.2, -0.15) is 23.5 Å². The van der Waals surface area contributed by atoms with E-state index in [2.05, 4.69) is 0 Å². The van der Waals surface area contributed by atoms with Crippen LogP contribution >= 0.6 is 23.5 Å². The lowest BCUT2D eigenvalue weighted by Crippen LogP contribution is -2.34. The summed E-state index contributed by atoms with van der Waals surface area (Å²) in [5.41, 5.74) is -0.216. The molecule has 1 aliphatic heterocycles. The van der Waals surface area contributed by atoms with Crippen LogP contribution in [0.2, 0.25) is 0 Å². The monoisotopic (exact) mass is 194 g/mol. The first-order chi connectivity index (χ1) is 5.33. The third kappa shape index (κ3) is 2.54. The second-order valence-electron chi connectivity index (χ2n) is 2.92. The zero-order valence-corrected chi connectivity index (χ0v) is 8.09. The van der Waals surface area contributed by atoms with Crippen LogP contribution in [-0.2, 0) is 0 Å². The van der Waals surface area contributed by atoms with Crippen molar-refractivity contribution < 1.29 is 10.2 Å². The van der Waals surface area contributed by atoms with Crippen LogP contribution in [0.3, 0.4) is 0 Å². The van der Waals surface area contributed by atoms with Gasteiger partial charge in [0.15, 0.2) is 0 Å².